The van der Waals surface area contributed by atoms with E-state index in [2.05, 4.69) is 4.98 Å². The molecule has 0 aliphatic heterocycles. The molecule has 0 amide bonds. The van der Waals surface area contributed by atoms with Crippen LogP contribution in [0.4, 0.5) is 8.78 Å². The fourth-order valence-electron chi connectivity index (χ4n) is 1.54. The van der Waals surface area contributed by atoms with Crippen molar-refractivity contribution in [3.05, 3.63) is 40.6 Å². The zero-order valence-electron chi connectivity index (χ0n) is 9.34. The molecule has 0 unspecified atom stereocenters. The molecule has 0 bridgehead atoms. The van der Waals surface area contributed by atoms with Crippen molar-refractivity contribution in [3.63, 3.8) is 0 Å². The predicted molar refractivity (Wildman–Crippen MR) is 62.6 cm³/mol. The van der Waals surface area contributed by atoms with Crippen LogP contribution in [0.5, 0.6) is 0 Å². The highest BCUT2D eigenvalue weighted by Crippen LogP contribution is 2.24. The van der Waals surface area contributed by atoms with Gasteiger partial charge in [0, 0.05) is 11.5 Å². The maximum Gasteiger partial charge on any atom is 0.341 e. The lowest BCUT2D eigenvalue weighted by atomic mass is 10.1. The summed E-state index contributed by atoms with van der Waals surface area (Å²) in [5, 5.41) is -0.0218. The summed E-state index contributed by atoms with van der Waals surface area (Å²) in [4.78, 5) is 15.3. The van der Waals surface area contributed by atoms with E-state index in [4.69, 9.17) is 16.3 Å². The topological polar surface area (TPSA) is 39.2 Å². The number of ether oxygens (including phenoxy) is 1. The van der Waals surface area contributed by atoms with E-state index in [1.165, 1.54) is 6.07 Å². The molecule has 2 aromatic rings. The Hall–Kier alpha value is -1.75. The van der Waals surface area contributed by atoms with Crippen molar-refractivity contribution in [2.45, 2.75) is 6.92 Å². The van der Waals surface area contributed by atoms with Crippen LogP contribution in [0.1, 0.15) is 17.3 Å². The Bertz CT molecular complexity index is 631. The molecule has 18 heavy (non-hydrogen) atoms. The fourth-order valence-corrected chi connectivity index (χ4v) is 1.76. The van der Waals surface area contributed by atoms with E-state index in [-0.39, 0.29) is 28.2 Å². The van der Waals surface area contributed by atoms with Crippen LogP contribution in [0, 0.1) is 11.6 Å². The van der Waals surface area contributed by atoms with Crippen LogP contribution in [0.15, 0.2) is 18.2 Å². The molecule has 6 heteroatoms. The quantitative estimate of drug-likeness (QED) is 0.621. The van der Waals surface area contributed by atoms with E-state index in [0.717, 1.165) is 6.07 Å². The normalized spacial score (nSPS) is 10.7. The maximum atomic E-state index is 13.4. The van der Waals surface area contributed by atoms with Gasteiger partial charge >= 0.3 is 5.97 Å². The summed E-state index contributed by atoms with van der Waals surface area (Å²) in [6.45, 7) is 1.81. The molecule has 0 saturated heterocycles. The maximum absolute atomic E-state index is 13.4. The number of halogens is 3. The van der Waals surface area contributed by atoms with Crippen molar-refractivity contribution >= 4 is 28.5 Å². The number of hydrogen-bond acceptors (Lipinski definition) is 3. The molecular weight excluding hydrogens is 264 g/mol. The first-order valence-corrected chi connectivity index (χ1v) is 5.53. The molecule has 0 fully saturated rings. The number of nitrogens with zero attached hydrogens (tertiary/aromatic N) is 1. The molecule has 94 valence electrons. The zero-order chi connectivity index (χ0) is 13.3. The van der Waals surface area contributed by atoms with Gasteiger partial charge in [0.05, 0.1) is 12.2 Å². The molecule has 1 aromatic heterocycles. The van der Waals surface area contributed by atoms with Gasteiger partial charge in [-0.1, -0.05) is 11.6 Å². The molecule has 0 N–H and O–H groups in total. The average molecular weight is 272 g/mol. The van der Waals surface area contributed by atoms with Gasteiger partial charge in [0.15, 0.2) is 5.82 Å². The number of pyridine rings is 1. The lowest BCUT2D eigenvalue weighted by Gasteiger charge is -2.06. The Morgan fingerprint density at radius 3 is 2.78 bits per heavy atom. The minimum atomic E-state index is -0.831. The summed E-state index contributed by atoms with van der Waals surface area (Å²) in [6.07, 6.45) is 0. The number of benzene rings is 1. The third-order valence-electron chi connectivity index (χ3n) is 2.29. The second-order valence-corrected chi connectivity index (χ2v) is 3.86. The van der Waals surface area contributed by atoms with Gasteiger partial charge in [-0.3, -0.25) is 0 Å². The summed E-state index contributed by atoms with van der Waals surface area (Å²) in [5.41, 5.74) is -0.106. The SMILES string of the molecule is CCOC(=O)c1cc2cc(F)cc(F)c2nc1Cl. The van der Waals surface area contributed by atoms with Gasteiger partial charge in [-0.2, -0.15) is 0 Å². The van der Waals surface area contributed by atoms with Crippen LogP contribution in [-0.2, 0) is 4.74 Å². The molecule has 0 aliphatic carbocycles. The van der Waals surface area contributed by atoms with E-state index in [1.54, 1.807) is 6.92 Å². The molecule has 2 rings (SSSR count). The fraction of sp³-hybridized carbons (Fsp3) is 0.167. The highest BCUT2D eigenvalue weighted by atomic mass is 35.5. The molecule has 1 heterocycles. The van der Waals surface area contributed by atoms with Crippen molar-refractivity contribution in [3.8, 4) is 0 Å². The number of carbonyl (C=O) groups is 1. The molecule has 0 atom stereocenters. The Morgan fingerprint density at radius 1 is 1.39 bits per heavy atom. The van der Waals surface area contributed by atoms with Crippen molar-refractivity contribution in [1.29, 1.82) is 0 Å². The first kappa shape index (κ1) is 12.7. The summed E-state index contributed by atoms with van der Waals surface area (Å²) in [6, 6.07) is 3.04. The molecule has 0 radical (unpaired) electrons. The predicted octanol–water partition coefficient (Wildman–Crippen LogP) is 3.34. The van der Waals surface area contributed by atoms with Gasteiger partial charge in [-0.05, 0) is 19.1 Å². The van der Waals surface area contributed by atoms with E-state index >= 15 is 0 Å². The van der Waals surface area contributed by atoms with E-state index in [9.17, 15) is 13.6 Å². The first-order chi connectivity index (χ1) is 8.52. The Kier molecular flexibility index (Phi) is 3.43. The standard InChI is InChI=1S/C12H8ClF2NO2/c1-2-18-12(17)8-4-6-3-7(14)5-9(15)10(6)16-11(8)13/h3-5H,2H2,1H3. The van der Waals surface area contributed by atoms with Crippen molar-refractivity contribution in [2.75, 3.05) is 6.61 Å². The first-order valence-electron chi connectivity index (χ1n) is 5.15. The summed E-state index contributed by atoms with van der Waals surface area (Å²) >= 11 is 5.77. The Morgan fingerprint density at radius 2 is 2.11 bits per heavy atom. The highest BCUT2D eigenvalue weighted by Gasteiger charge is 2.16. The van der Waals surface area contributed by atoms with Crippen LogP contribution in [0.2, 0.25) is 5.15 Å². The number of aromatic nitrogens is 1. The number of fused-ring (bicyclic) bond motifs is 1. The van der Waals surface area contributed by atoms with Crippen molar-refractivity contribution in [1.82, 2.24) is 4.98 Å². The molecule has 0 spiro atoms. The van der Waals surface area contributed by atoms with Crippen LogP contribution < -0.4 is 0 Å². The molecule has 0 saturated carbocycles. The average Bonchev–Trinajstić information content (AvgIpc) is 2.29. The monoisotopic (exact) mass is 271 g/mol. The summed E-state index contributed by atoms with van der Waals surface area (Å²) in [5.74, 6) is -2.26. The Labute approximate surface area is 106 Å². The molecule has 1 aromatic carbocycles. The summed E-state index contributed by atoms with van der Waals surface area (Å²) in [7, 11) is 0. The lowest BCUT2D eigenvalue weighted by molar-refractivity contribution is 0.0526. The van der Waals surface area contributed by atoms with E-state index in [0.29, 0.717) is 6.07 Å². The van der Waals surface area contributed by atoms with Gasteiger partial charge in [0.2, 0.25) is 0 Å². The van der Waals surface area contributed by atoms with Crippen molar-refractivity contribution < 1.29 is 18.3 Å². The van der Waals surface area contributed by atoms with Gasteiger partial charge in [0.1, 0.15) is 16.5 Å². The highest BCUT2D eigenvalue weighted by molar-refractivity contribution is 6.32. The summed E-state index contributed by atoms with van der Waals surface area (Å²) < 4.78 is 31.3. The van der Waals surface area contributed by atoms with Crippen LogP contribution >= 0.6 is 11.6 Å². The minimum absolute atomic E-state index is 0.0176. The molecule has 3 nitrogen and oxygen atoms in total. The number of esters is 1. The van der Waals surface area contributed by atoms with E-state index < -0.39 is 17.6 Å². The number of hydrogen-bond donors (Lipinski definition) is 0. The zero-order valence-corrected chi connectivity index (χ0v) is 10.1. The number of rotatable bonds is 2. The minimum Gasteiger partial charge on any atom is -0.462 e. The second kappa shape index (κ2) is 4.86. The molecular formula is C12H8ClF2NO2. The lowest BCUT2D eigenvalue weighted by Crippen LogP contribution is -2.06. The van der Waals surface area contributed by atoms with Gasteiger partial charge in [0.25, 0.3) is 0 Å². The molecule has 0 aliphatic rings. The van der Waals surface area contributed by atoms with Gasteiger partial charge < -0.3 is 4.74 Å². The van der Waals surface area contributed by atoms with Crippen LogP contribution in [0.3, 0.4) is 0 Å². The van der Waals surface area contributed by atoms with E-state index in [1.807, 2.05) is 0 Å². The largest absolute Gasteiger partial charge is 0.462 e. The van der Waals surface area contributed by atoms with Crippen LogP contribution in [0.25, 0.3) is 10.9 Å². The van der Waals surface area contributed by atoms with Gasteiger partial charge in [-0.15, -0.1) is 0 Å². The third kappa shape index (κ3) is 2.26. The third-order valence-corrected chi connectivity index (χ3v) is 2.57. The van der Waals surface area contributed by atoms with Crippen LogP contribution in [-0.4, -0.2) is 17.6 Å². The second-order valence-electron chi connectivity index (χ2n) is 3.51. The smallest absolute Gasteiger partial charge is 0.341 e. The van der Waals surface area contributed by atoms with Crippen molar-refractivity contribution in [2.24, 2.45) is 0 Å². The number of carbonyl (C=O) groups excluding carboxylic acids is 1. The van der Waals surface area contributed by atoms with Gasteiger partial charge in [-0.25, -0.2) is 18.6 Å². The Balaban J connectivity index is 2.64.